The molecule has 0 unspecified atom stereocenters. The van der Waals surface area contributed by atoms with Crippen LogP contribution in [-0.4, -0.2) is 20.4 Å². The molecule has 0 amide bonds. The molecular formula is C8H12CrO3-2. The van der Waals surface area contributed by atoms with Crippen molar-refractivity contribution in [2.75, 3.05) is 0 Å². The maximum absolute atomic E-state index is 8.00. The van der Waals surface area contributed by atoms with Crippen LogP contribution < -0.4 is 0 Å². The van der Waals surface area contributed by atoms with E-state index < -0.39 is 0 Å². The first-order valence-corrected chi connectivity index (χ1v) is 2.58. The number of hydrogen-bond acceptors (Lipinski definition) is 3. The average Bonchev–Trinajstić information content (AvgIpc) is 2.71. The third-order valence-electron chi connectivity index (χ3n) is 0.586. The van der Waals surface area contributed by atoms with E-state index in [1.54, 1.807) is 0 Å². The summed E-state index contributed by atoms with van der Waals surface area (Å²) >= 11 is 0. The number of carbonyl (C=O) groups is 3. The van der Waals surface area contributed by atoms with Crippen LogP contribution in [0.15, 0.2) is 18.2 Å². The fraction of sp³-hybridized carbons (Fsp3) is 0.125. The van der Waals surface area contributed by atoms with Gasteiger partial charge in [-0.25, -0.2) is 12.2 Å². The molecule has 0 fully saturated rings. The van der Waals surface area contributed by atoms with E-state index in [1.165, 1.54) is 0 Å². The third-order valence-corrected chi connectivity index (χ3v) is 0.586. The molecule has 0 aromatic heterocycles. The molecule has 1 aliphatic carbocycles. The Morgan fingerprint density at radius 2 is 1.50 bits per heavy atom. The van der Waals surface area contributed by atoms with Crippen LogP contribution in [0.3, 0.4) is 0 Å². The first-order chi connectivity index (χ1) is 5.50. The topological polar surface area (TPSA) is 51.2 Å². The van der Waals surface area contributed by atoms with Crippen molar-refractivity contribution in [3.8, 4) is 0 Å². The van der Waals surface area contributed by atoms with Gasteiger partial charge in [-0.2, -0.15) is 6.08 Å². The van der Waals surface area contributed by atoms with Gasteiger partial charge in [0.2, 0.25) is 0 Å². The summed E-state index contributed by atoms with van der Waals surface area (Å²) in [6, 6.07) is 0. The van der Waals surface area contributed by atoms with E-state index in [2.05, 4.69) is 12.2 Å². The fourth-order valence-corrected chi connectivity index (χ4v) is 0.340. The molecule has 1 aliphatic rings. The quantitative estimate of drug-likeness (QED) is 0.555. The van der Waals surface area contributed by atoms with Crippen molar-refractivity contribution in [2.45, 2.75) is 6.42 Å². The fourth-order valence-electron chi connectivity index (χ4n) is 0.340. The van der Waals surface area contributed by atoms with Gasteiger partial charge in [0.05, 0.1) is 0 Å². The van der Waals surface area contributed by atoms with Gasteiger partial charge in [0.15, 0.2) is 0 Å². The molecule has 0 bridgehead atoms. The minimum Gasteiger partial charge on any atom is -1.00 e. The van der Waals surface area contributed by atoms with Gasteiger partial charge in [-0.3, -0.25) is 6.08 Å². The van der Waals surface area contributed by atoms with E-state index in [0.717, 1.165) is 6.42 Å². The van der Waals surface area contributed by atoms with Crippen molar-refractivity contribution in [2.24, 2.45) is 0 Å². The molecule has 12 heavy (non-hydrogen) atoms. The SMILES string of the molecule is C=O.C=O.C=O.[C-]1=CC=CC1.[Cr].[H-]. The van der Waals surface area contributed by atoms with Gasteiger partial charge < -0.3 is 15.8 Å². The van der Waals surface area contributed by atoms with Crippen molar-refractivity contribution in [1.82, 2.24) is 0 Å². The van der Waals surface area contributed by atoms with Crippen LogP contribution in [0.25, 0.3) is 0 Å². The minimum atomic E-state index is 0. The van der Waals surface area contributed by atoms with Crippen LogP contribution in [0.1, 0.15) is 7.85 Å². The molecule has 0 saturated carbocycles. The molecule has 0 saturated heterocycles. The van der Waals surface area contributed by atoms with Crippen molar-refractivity contribution in [1.29, 1.82) is 0 Å². The summed E-state index contributed by atoms with van der Waals surface area (Å²) in [5.74, 6) is 0. The third kappa shape index (κ3) is 35.9. The Kier molecular flexibility index (Phi) is 94.3. The largest absolute Gasteiger partial charge is 1.00 e. The molecule has 0 radical (unpaired) electrons. The second kappa shape index (κ2) is 50.4. The maximum atomic E-state index is 8.00. The van der Waals surface area contributed by atoms with Crippen molar-refractivity contribution < 1.29 is 33.2 Å². The van der Waals surface area contributed by atoms with Gasteiger partial charge in [-0.15, -0.1) is 6.42 Å². The summed E-state index contributed by atoms with van der Waals surface area (Å²) in [5.41, 5.74) is 0. The summed E-state index contributed by atoms with van der Waals surface area (Å²) in [4.78, 5) is 24.0. The second-order valence-corrected chi connectivity index (χ2v) is 1.00. The van der Waals surface area contributed by atoms with Gasteiger partial charge in [0, 0.05) is 17.4 Å². The van der Waals surface area contributed by atoms with E-state index in [-0.39, 0.29) is 18.8 Å². The Labute approximate surface area is 84.8 Å². The zero-order valence-electron chi connectivity index (χ0n) is 7.69. The van der Waals surface area contributed by atoms with E-state index in [1.807, 2.05) is 32.5 Å². The van der Waals surface area contributed by atoms with Gasteiger partial charge in [0.25, 0.3) is 0 Å². The van der Waals surface area contributed by atoms with Crippen LogP contribution >= 0.6 is 0 Å². The van der Waals surface area contributed by atoms with Crippen molar-refractivity contribution >= 4 is 20.4 Å². The molecular weight excluding hydrogens is 196 g/mol. The minimum absolute atomic E-state index is 0. The first-order valence-electron chi connectivity index (χ1n) is 2.58. The second-order valence-electron chi connectivity index (χ2n) is 1.00. The van der Waals surface area contributed by atoms with E-state index in [9.17, 15) is 0 Å². The molecule has 4 heteroatoms. The van der Waals surface area contributed by atoms with Gasteiger partial charge in [0.1, 0.15) is 20.4 Å². The number of rotatable bonds is 0. The molecule has 0 aliphatic heterocycles. The zero-order chi connectivity index (χ0) is 9.54. The molecule has 0 atom stereocenters. The summed E-state index contributed by atoms with van der Waals surface area (Å²) in [6.45, 7) is 6.00. The van der Waals surface area contributed by atoms with Crippen LogP contribution in [0.4, 0.5) is 0 Å². The normalized spacial score (nSPS) is 8.33. The van der Waals surface area contributed by atoms with E-state index in [4.69, 9.17) is 14.4 Å². The predicted octanol–water partition coefficient (Wildman–Crippen LogP) is 0.861. The van der Waals surface area contributed by atoms with Gasteiger partial charge >= 0.3 is 0 Å². The predicted molar refractivity (Wildman–Crippen MR) is 44.0 cm³/mol. The molecule has 70 valence electrons. The summed E-state index contributed by atoms with van der Waals surface area (Å²) < 4.78 is 0. The molecule has 0 N–H and O–H groups in total. The Balaban J connectivity index is -0.0000000239. The monoisotopic (exact) mass is 208 g/mol. The first kappa shape index (κ1) is 22.5. The van der Waals surface area contributed by atoms with E-state index >= 15 is 0 Å². The van der Waals surface area contributed by atoms with Crippen molar-refractivity contribution in [3.05, 3.63) is 24.3 Å². The molecule has 0 aromatic carbocycles. The average molecular weight is 208 g/mol. The summed E-state index contributed by atoms with van der Waals surface area (Å²) in [7, 11) is 0. The van der Waals surface area contributed by atoms with E-state index in [0.29, 0.717) is 0 Å². The Hall–Kier alpha value is -0.978. The van der Waals surface area contributed by atoms with Crippen molar-refractivity contribution in [3.63, 3.8) is 0 Å². The zero-order valence-corrected chi connectivity index (χ0v) is 7.97. The Bertz CT molecular complexity index is 103. The number of carbonyl (C=O) groups excluding carboxylic acids is 3. The smallest absolute Gasteiger partial charge is 0.106 e. The summed E-state index contributed by atoms with van der Waals surface area (Å²) in [5, 5.41) is 0. The Morgan fingerprint density at radius 1 is 1.08 bits per heavy atom. The molecule has 1 rings (SSSR count). The van der Waals surface area contributed by atoms with Gasteiger partial charge in [-0.1, -0.05) is 0 Å². The molecule has 0 aromatic rings. The Morgan fingerprint density at radius 3 is 1.58 bits per heavy atom. The van der Waals surface area contributed by atoms with Crippen LogP contribution in [0.2, 0.25) is 0 Å². The summed E-state index contributed by atoms with van der Waals surface area (Å²) in [6.07, 6.45) is 10.0. The number of allylic oxidation sites excluding steroid dienone is 4. The van der Waals surface area contributed by atoms with Gasteiger partial charge in [-0.05, 0) is 0 Å². The molecule has 0 spiro atoms. The molecule has 3 nitrogen and oxygen atoms in total. The van der Waals surface area contributed by atoms with Crippen LogP contribution in [-0.2, 0) is 31.7 Å². The standard InChI is InChI=1S/C5H5.3CH2O.Cr.H/c1-2-4-5-3-1;3*1-2;;/h1-3H,4H2;3*1H2;;/q-1;;;;;-1. The van der Waals surface area contributed by atoms with Crippen LogP contribution in [0, 0.1) is 6.08 Å². The van der Waals surface area contributed by atoms with Crippen LogP contribution in [0.5, 0.6) is 0 Å². The molecule has 0 heterocycles. The maximum Gasteiger partial charge on any atom is 0.106 e. The number of hydrogen-bond donors (Lipinski definition) is 0.